The minimum Gasteiger partial charge on any atom is -0.497 e. The Morgan fingerprint density at radius 3 is 2.45 bits per heavy atom. The van der Waals surface area contributed by atoms with E-state index in [2.05, 4.69) is 27.4 Å². The van der Waals surface area contributed by atoms with Gasteiger partial charge in [0.05, 0.1) is 31.1 Å². The van der Waals surface area contributed by atoms with Crippen molar-refractivity contribution in [3.05, 3.63) is 94.5 Å². The summed E-state index contributed by atoms with van der Waals surface area (Å²) in [5, 5.41) is 14.2. The van der Waals surface area contributed by atoms with E-state index in [0.717, 1.165) is 25.7 Å². The lowest BCUT2D eigenvalue weighted by atomic mass is 9.74. The molecule has 10 nitrogen and oxygen atoms in total. The molecule has 2 amide bonds. The van der Waals surface area contributed by atoms with E-state index >= 15 is 0 Å². The lowest BCUT2D eigenvalue weighted by Crippen LogP contribution is -2.51. The van der Waals surface area contributed by atoms with Crippen molar-refractivity contribution in [1.82, 2.24) is 19.4 Å². The third-order valence-electron chi connectivity index (χ3n) is 9.05. The first-order valence-corrected chi connectivity index (χ1v) is 15.2. The largest absolute Gasteiger partial charge is 0.497 e. The summed E-state index contributed by atoms with van der Waals surface area (Å²) in [6.07, 6.45) is 6.21. The zero-order valence-electron chi connectivity index (χ0n) is 24.8. The van der Waals surface area contributed by atoms with E-state index in [0.29, 0.717) is 42.8 Å². The van der Waals surface area contributed by atoms with Crippen molar-refractivity contribution in [3.8, 4) is 5.75 Å². The predicted octanol–water partition coefficient (Wildman–Crippen LogP) is 4.38. The predicted molar refractivity (Wildman–Crippen MR) is 167 cm³/mol. The maximum atomic E-state index is 13.7. The van der Waals surface area contributed by atoms with E-state index in [1.54, 1.807) is 43.5 Å². The smallest absolute Gasteiger partial charge is 0.280 e. The fourth-order valence-corrected chi connectivity index (χ4v) is 6.53. The summed E-state index contributed by atoms with van der Waals surface area (Å²) in [4.78, 5) is 50.5. The number of hydrogen-bond donors (Lipinski definition) is 2. The average Bonchev–Trinajstić information content (AvgIpc) is 3.06. The molecule has 2 atom stereocenters. The lowest BCUT2D eigenvalue weighted by molar-refractivity contribution is -0.142. The molecule has 1 aliphatic heterocycles. The molecule has 0 radical (unpaired) electrons. The fourth-order valence-electron chi connectivity index (χ4n) is 6.53. The van der Waals surface area contributed by atoms with E-state index in [-0.39, 0.29) is 41.5 Å². The molecule has 3 heterocycles. The van der Waals surface area contributed by atoms with Crippen LogP contribution in [0.2, 0.25) is 0 Å². The van der Waals surface area contributed by atoms with Crippen molar-refractivity contribution in [2.75, 3.05) is 25.5 Å². The summed E-state index contributed by atoms with van der Waals surface area (Å²) in [5.41, 5.74) is 0.556. The highest BCUT2D eigenvalue weighted by Gasteiger charge is 2.39. The van der Waals surface area contributed by atoms with Gasteiger partial charge in [-0.1, -0.05) is 43.2 Å². The van der Waals surface area contributed by atoms with Gasteiger partial charge in [-0.2, -0.15) is 0 Å². The van der Waals surface area contributed by atoms with Crippen molar-refractivity contribution >= 4 is 28.7 Å². The summed E-state index contributed by atoms with van der Waals surface area (Å²) < 4.78 is 6.51. The van der Waals surface area contributed by atoms with Crippen LogP contribution in [0.5, 0.6) is 5.75 Å². The molecule has 1 aliphatic carbocycles. The number of amides is 2. The van der Waals surface area contributed by atoms with Crippen molar-refractivity contribution in [2.24, 2.45) is 5.92 Å². The highest BCUT2D eigenvalue weighted by molar-refractivity contribution is 6.04. The summed E-state index contributed by atoms with van der Waals surface area (Å²) in [5.74, 6) is 0.823. The summed E-state index contributed by atoms with van der Waals surface area (Å²) in [7, 11) is 1.55. The van der Waals surface area contributed by atoms with Crippen LogP contribution in [0, 0.1) is 5.92 Å². The number of methoxy groups -OCH3 is 1. The SMILES string of the molecule is COc1ccc(C(=O)Nc2ccc3ncn(CC4(O)CCN(C(=O)[C@H]5CCCC[C@@H]5c5ccccc5)CC4)c(=O)c3n2)cc1. The van der Waals surface area contributed by atoms with E-state index < -0.39 is 11.2 Å². The van der Waals surface area contributed by atoms with Crippen LogP contribution < -0.4 is 15.6 Å². The highest BCUT2D eigenvalue weighted by Crippen LogP contribution is 2.39. The molecular weight excluding hydrogens is 558 g/mol. The molecule has 2 N–H and O–H groups in total. The van der Waals surface area contributed by atoms with E-state index in [1.807, 2.05) is 23.1 Å². The van der Waals surface area contributed by atoms with Crippen molar-refractivity contribution in [3.63, 3.8) is 0 Å². The van der Waals surface area contributed by atoms with E-state index in [1.165, 1.54) is 16.5 Å². The molecule has 44 heavy (non-hydrogen) atoms. The van der Waals surface area contributed by atoms with E-state index in [4.69, 9.17) is 4.74 Å². The fraction of sp³-hybridized carbons (Fsp3) is 0.382. The zero-order chi connectivity index (χ0) is 30.7. The number of aliphatic hydroxyl groups is 1. The second-order valence-corrected chi connectivity index (χ2v) is 11.9. The molecule has 6 rings (SSSR count). The number of benzene rings is 2. The zero-order valence-corrected chi connectivity index (χ0v) is 24.8. The number of rotatable bonds is 7. The first-order valence-electron chi connectivity index (χ1n) is 15.2. The Balaban J connectivity index is 1.12. The second kappa shape index (κ2) is 12.6. The van der Waals surface area contributed by atoms with Gasteiger partial charge in [0.15, 0.2) is 5.52 Å². The van der Waals surface area contributed by atoms with Crippen LogP contribution in [0.15, 0.2) is 77.9 Å². The third kappa shape index (κ3) is 6.21. The molecule has 2 fully saturated rings. The molecule has 2 aliphatic rings. The summed E-state index contributed by atoms with van der Waals surface area (Å²) in [6.45, 7) is 0.906. The molecule has 0 bridgehead atoms. The molecule has 0 unspecified atom stereocenters. The molecule has 1 saturated heterocycles. The number of carbonyl (C=O) groups is 2. The first-order chi connectivity index (χ1) is 21.3. The number of nitrogens with zero attached hydrogens (tertiary/aromatic N) is 4. The van der Waals surface area contributed by atoms with Crippen molar-refractivity contribution in [1.29, 1.82) is 0 Å². The van der Waals surface area contributed by atoms with Crippen LogP contribution >= 0.6 is 0 Å². The number of aromatic nitrogens is 3. The minimum absolute atomic E-state index is 0.0387. The van der Waals surface area contributed by atoms with Crippen LogP contribution in [0.25, 0.3) is 11.0 Å². The molecule has 0 spiro atoms. The number of anilines is 1. The molecule has 228 valence electrons. The summed E-state index contributed by atoms with van der Waals surface area (Å²) >= 11 is 0. The van der Waals surface area contributed by atoms with Crippen LogP contribution in [0.4, 0.5) is 5.82 Å². The molecule has 2 aromatic carbocycles. The van der Waals surface area contributed by atoms with Gasteiger partial charge in [-0.3, -0.25) is 19.0 Å². The van der Waals surface area contributed by atoms with E-state index in [9.17, 15) is 19.5 Å². The van der Waals surface area contributed by atoms with Gasteiger partial charge in [0, 0.05) is 24.6 Å². The number of piperidine rings is 1. The van der Waals surface area contributed by atoms with Crippen molar-refractivity contribution < 1.29 is 19.4 Å². The van der Waals surface area contributed by atoms with Crippen LogP contribution in [0.1, 0.15) is 60.4 Å². The minimum atomic E-state index is -1.17. The first kappa shape index (κ1) is 29.5. The molecule has 1 saturated carbocycles. The van der Waals surface area contributed by atoms with Gasteiger partial charge in [0.2, 0.25) is 5.91 Å². The number of ether oxygens (including phenoxy) is 1. The van der Waals surface area contributed by atoms with Gasteiger partial charge in [0.1, 0.15) is 11.6 Å². The Morgan fingerprint density at radius 1 is 1.00 bits per heavy atom. The standard InChI is InChI=1S/C34H37N5O5/c1-44-25-13-11-24(12-14-25)31(40)37-29-16-15-28-30(36-29)33(42)39(22-35-28)21-34(43)17-19-38(20-18-34)32(41)27-10-6-5-9-26(27)23-7-3-2-4-8-23/h2-4,7-8,11-16,22,26-27,43H,5-6,9-10,17-21H2,1H3,(H,36,37,40)/t26-,27+/m1/s1. The Hall–Kier alpha value is -4.57. The molecular formula is C34H37N5O5. The molecule has 4 aromatic rings. The summed E-state index contributed by atoms with van der Waals surface area (Å²) in [6, 6.07) is 20.2. The quantitative estimate of drug-likeness (QED) is 0.325. The average molecular weight is 596 g/mol. The van der Waals surface area contributed by atoms with Crippen LogP contribution in [-0.4, -0.2) is 62.2 Å². The maximum Gasteiger partial charge on any atom is 0.280 e. The topological polar surface area (TPSA) is 127 Å². The number of nitrogens with one attached hydrogen (secondary N) is 1. The van der Waals surface area contributed by atoms with Crippen molar-refractivity contribution in [2.45, 2.75) is 56.6 Å². The number of fused-ring (bicyclic) bond motifs is 1. The maximum absolute atomic E-state index is 13.7. The van der Waals surface area contributed by atoms with Crippen LogP contribution in [-0.2, 0) is 11.3 Å². The Kier molecular flexibility index (Phi) is 8.43. The normalized spacial score (nSPS) is 19.8. The van der Waals surface area contributed by atoms with Crippen LogP contribution in [0.3, 0.4) is 0 Å². The monoisotopic (exact) mass is 595 g/mol. The van der Waals surface area contributed by atoms with Gasteiger partial charge in [-0.25, -0.2) is 9.97 Å². The molecule has 10 heteroatoms. The highest BCUT2D eigenvalue weighted by atomic mass is 16.5. The lowest BCUT2D eigenvalue weighted by Gasteiger charge is -2.41. The second-order valence-electron chi connectivity index (χ2n) is 11.9. The molecule has 2 aromatic heterocycles. The Labute approximate surface area is 255 Å². The van der Waals surface area contributed by atoms with Gasteiger partial charge >= 0.3 is 0 Å². The van der Waals surface area contributed by atoms with Gasteiger partial charge < -0.3 is 20.1 Å². The van der Waals surface area contributed by atoms with Gasteiger partial charge in [-0.05, 0) is 73.6 Å². The Morgan fingerprint density at radius 2 is 1.73 bits per heavy atom. The number of pyridine rings is 1. The number of hydrogen-bond acceptors (Lipinski definition) is 7. The third-order valence-corrected chi connectivity index (χ3v) is 9.05. The Bertz CT molecular complexity index is 1700. The van der Waals surface area contributed by atoms with Gasteiger partial charge in [0.25, 0.3) is 11.5 Å². The van der Waals surface area contributed by atoms with Gasteiger partial charge in [-0.15, -0.1) is 0 Å². The number of carbonyl (C=O) groups excluding carboxylic acids is 2. The number of likely N-dealkylation sites (tertiary alicyclic amines) is 1.